The van der Waals surface area contributed by atoms with Crippen LogP contribution in [0.2, 0.25) is 0 Å². The largest absolute Gasteiger partial charge is 0.380 e. The minimum absolute atomic E-state index is 0.184. The Morgan fingerprint density at radius 3 is 2.67 bits per heavy atom. The van der Waals surface area contributed by atoms with Crippen molar-refractivity contribution in [2.45, 2.75) is 0 Å². The maximum atomic E-state index is 13.3. The molecule has 0 unspecified atom stereocenters. The van der Waals surface area contributed by atoms with Gasteiger partial charge in [0.25, 0.3) is 0 Å². The SMILES string of the molecule is NC(=N/N=C/c1ccccc1F)c1ccccn1. The van der Waals surface area contributed by atoms with Crippen molar-refractivity contribution in [1.82, 2.24) is 4.98 Å². The van der Waals surface area contributed by atoms with E-state index in [1.54, 1.807) is 42.6 Å². The van der Waals surface area contributed by atoms with Crippen molar-refractivity contribution in [2.75, 3.05) is 0 Å². The maximum absolute atomic E-state index is 13.3. The van der Waals surface area contributed by atoms with E-state index in [9.17, 15) is 4.39 Å². The van der Waals surface area contributed by atoms with Gasteiger partial charge in [0, 0.05) is 11.8 Å². The molecule has 0 saturated heterocycles. The van der Waals surface area contributed by atoms with E-state index in [4.69, 9.17) is 5.73 Å². The standard InChI is InChI=1S/C13H11FN4/c14-11-6-2-1-5-10(11)9-17-18-13(15)12-7-3-4-8-16-12/h1-9H,(H2,15,18)/b17-9+. The Bertz CT molecular complexity index is 579. The number of amidine groups is 1. The molecule has 0 fully saturated rings. The highest BCUT2D eigenvalue weighted by atomic mass is 19.1. The molecule has 0 radical (unpaired) electrons. The van der Waals surface area contributed by atoms with Crippen LogP contribution in [0.15, 0.2) is 58.9 Å². The molecule has 0 bridgehead atoms. The lowest BCUT2D eigenvalue weighted by Gasteiger charge is -1.96. The first-order chi connectivity index (χ1) is 8.77. The minimum atomic E-state index is -0.354. The normalized spacial score (nSPS) is 11.9. The lowest BCUT2D eigenvalue weighted by atomic mass is 10.2. The van der Waals surface area contributed by atoms with Crippen molar-refractivity contribution < 1.29 is 4.39 Å². The molecule has 4 nitrogen and oxygen atoms in total. The molecule has 2 aromatic rings. The van der Waals surface area contributed by atoms with E-state index in [1.165, 1.54) is 12.3 Å². The second-order valence-electron chi connectivity index (χ2n) is 3.47. The second-order valence-corrected chi connectivity index (χ2v) is 3.47. The Balaban J connectivity index is 2.14. The van der Waals surface area contributed by atoms with Gasteiger partial charge >= 0.3 is 0 Å². The van der Waals surface area contributed by atoms with E-state index in [1.807, 2.05) is 0 Å². The third-order valence-electron chi connectivity index (χ3n) is 2.19. The molecule has 1 aromatic heterocycles. The summed E-state index contributed by atoms with van der Waals surface area (Å²) in [7, 11) is 0. The Kier molecular flexibility index (Phi) is 3.76. The lowest BCUT2D eigenvalue weighted by Crippen LogP contribution is -2.14. The average molecular weight is 242 g/mol. The molecular weight excluding hydrogens is 231 g/mol. The van der Waals surface area contributed by atoms with Crippen molar-refractivity contribution in [3.8, 4) is 0 Å². The van der Waals surface area contributed by atoms with Gasteiger partial charge in [0.2, 0.25) is 0 Å². The van der Waals surface area contributed by atoms with Crippen LogP contribution in [0.4, 0.5) is 4.39 Å². The quantitative estimate of drug-likeness (QED) is 0.508. The second kappa shape index (κ2) is 5.67. The predicted molar refractivity (Wildman–Crippen MR) is 69.0 cm³/mol. The summed E-state index contributed by atoms with van der Waals surface area (Å²) in [4.78, 5) is 4.02. The summed E-state index contributed by atoms with van der Waals surface area (Å²) >= 11 is 0. The zero-order chi connectivity index (χ0) is 12.8. The molecule has 2 rings (SSSR count). The molecule has 0 aliphatic rings. The van der Waals surface area contributed by atoms with E-state index in [0.717, 1.165) is 0 Å². The Hall–Kier alpha value is -2.56. The fourth-order valence-electron chi connectivity index (χ4n) is 1.30. The van der Waals surface area contributed by atoms with Crippen LogP contribution in [0.3, 0.4) is 0 Å². The number of pyridine rings is 1. The molecule has 1 aromatic carbocycles. The number of nitrogens with zero attached hydrogens (tertiary/aromatic N) is 3. The first kappa shape index (κ1) is 11.9. The summed E-state index contributed by atoms with van der Waals surface area (Å²) in [5, 5.41) is 7.50. The van der Waals surface area contributed by atoms with E-state index in [-0.39, 0.29) is 11.7 Å². The molecule has 0 aliphatic carbocycles. The average Bonchev–Trinajstić information content (AvgIpc) is 2.42. The summed E-state index contributed by atoms with van der Waals surface area (Å²) < 4.78 is 13.3. The third-order valence-corrected chi connectivity index (χ3v) is 2.19. The maximum Gasteiger partial charge on any atom is 0.171 e. The van der Waals surface area contributed by atoms with Crippen molar-refractivity contribution in [3.63, 3.8) is 0 Å². The highest BCUT2D eigenvalue weighted by molar-refractivity contribution is 5.95. The lowest BCUT2D eigenvalue weighted by molar-refractivity contribution is 0.626. The van der Waals surface area contributed by atoms with Crippen LogP contribution in [0.1, 0.15) is 11.3 Å². The number of hydrogen-bond acceptors (Lipinski definition) is 3. The molecule has 18 heavy (non-hydrogen) atoms. The van der Waals surface area contributed by atoms with Crippen LogP contribution in [-0.4, -0.2) is 17.0 Å². The van der Waals surface area contributed by atoms with Crippen molar-refractivity contribution >= 4 is 12.1 Å². The summed E-state index contributed by atoms with van der Waals surface area (Å²) in [5.74, 6) is -0.170. The number of rotatable bonds is 3. The topological polar surface area (TPSA) is 63.6 Å². The van der Waals surface area contributed by atoms with Gasteiger partial charge in [-0.3, -0.25) is 4.98 Å². The van der Waals surface area contributed by atoms with Crippen LogP contribution in [-0.2, 0) is 0 Å². The molecule has 2 N–H and O–H groups in total. The van der Waals surface area contributed by atoms with Crippen LogP contribution in [0.5, 0.6) is 0 Å². The minimum Gasteiger partial charge on any atom is -0.380 e. The highest BCUT2D eigenvalue weighted by Gasteiger charge is 1.98. The van der Waals surface area contributed by atoms with E-state index >= 15 is 0 Å². The smallest absolute Gasteiger partial charge is 0.171 e. The molecule has 0 spiro atoms. The van der Waals surface area contributed by atoms with Gasteiger partial charge in [-0.25, -0.2) is 4.39 Å². The number of aromatic nitrogens is 1. The molecular formula is C13H11FN4. The van der Waals surface area contributed by atoms with Crippen LogP contribution in [0.25, 0.3) is 0 Å². The predicted octanol–water partition coefficient (Wildman–Crippen LogP) is 1.96. The summed E-state index contributed by atoms with van der Waals surface area (Å²) in [6.45, 7) is 0. The first-order valence-electron chi connectivity index (χ1n) is 5.30. The number of nitrogens with two attached hydrogens (primary N) is 1. The fraction of sp³-hybridized carbons (Fsp3) is 0. The summed E-state index contributed by atoms with van der Waals surface area (Å²) in [6, 6.07) is 11.6. The Morgan fingerprint density at radius 1 is 1.17 bits per heavy atom. The molecule has 5 heteroatoms. The monoisotopic (exact) mass is 242 g/mol. The Labute approximate surface area is 104 Å². The zero-order valence-corrected chi connectivity index (χ0v) is 9.49. The van der Waals surface area contributed by atoms with Crippen molar-refractivity contribution in [1.29, 1.82) is 0 Å². The molecule has 1 heterocycles. The number of halogens is 1. The van der Waals surface area contributed by atoms with Gasteiger partial charge in [0.1, 0.15) is 11.5 Å². The van der Waals surface area contributed by atoms with Gasteiger partial charge in [0.05, 0.1) is 6.21 Å². The highest BCUT2D eigenvalue weighted by Crippen LogP contribution is 2.03. The molecule has 0 amide bonds. The number of hydrogen-bond donors (Lipinski definition) is 1. The van der Waals surface area contributed by atoms with Gasteiger partial charge in [-0.1, -0.05) is 24.3 Å². The van der Waals surface area contributed by atoms with Crippen LogP contribution < -0.4 is 5.73 Å². The fourth-order valence-corrected chi connectivity index (χ4v) is 1.30. The molecule has 0 aliphatic heterocycles. The zero-order valence-electron chi connectivity index (χ0n) is 9.49. The molecule has 90 valence electrons. The van der Waals surface area contributed by atoms with E-state index < -0.39 is 0 Å². The van der Waals surface area contributed by atoms with Gasteiger partial charge in [-0.15, -0.1) is 5.10 Å². The van der Waals surface area contributed by atoms with Gasteiger partial charge in [-0.05, 0) is 18.2 Å². The third kappa shape index (κ3) is 2.98. The number of benzene rings is 1. The first-order valence-corrected chi connectivity index (χ1v) is 5.30. The van der Waals surface area contributed by atoms with Gasteiger partial charge in [0.15, 0.2) is 5.84 Å². The summed E-state index contributed by atoms with van der Waals surface area (Å²) in [5.41, 5.74) is 6.56. The van der Waals surface area contributed by atoms with Gasteiger partial charge in [-0.2, -0.15) is 5.10 Å². The van der Waals surface area contributed by atoms with Crippen molar-refractivity contribution in [3.05, 3.63) is 65.7 Å². The van der Waals surface area contributed by atoms with Crippen molar-refractivity contribution in [2.24, 2.45) is 15.9 Å². The van der Waals surface area contributed by atoms with E-state index in [2.05, 4.69) is 15.2 Å². The van der Waals surface area contributed by atoms with Gasteiger partial charge < -0.3 is 5.73 Å². The van der Waals surface area contributed by atoms with Crippen LogP contribution >= 0.6 is 0 Å². The summed E-state index contributed by atoms with van der Waals surface area (Å²) in [6.07, 6.45) is 2.92. The molecule has 0 saturated carbocycles. The Morgan fingerprint density at radius 2 is 1.94 bits per heavy atom. The van der Waals surface area contributed by atoms with E-state index in [0.29, 0.717) is 11.3 Å². The molecule has 0 atom stereocenters. The van der Waals surface area contributed by atoms with Crippen LogP contribution in [0, 0.1) is 5.82 Å².